The number of nitrogens with one attached hydrogen (secondary N) is 1. The molecule has 2 aromatic rings. The summed E-state index contributed by atoms with van der Waals surface area (Å²) in [7, 11) is -1.71. The highest BCUT2D eigenvalue weighted by Crippen LogP contribution is 2.14. The van der Waals surface area contributed by atoms with Crippen molar-refractivity contribution in [3.8, 4) is 11.4 Å². The van der Waals surface area contributed by atoms with Gasteiger partial charge >= 0.3 is 0 Å². The zero-order valence-electron chi connectivity index (χ0n) is 10.4. The van der Waals surface area contributed by atoms with Gasteiger partial charge < -0.3 is 4.74 Å². The summed E-state index contributed by atoms with van der Waals surface area (Å²) in [6.07, 6.45) is 1.08. The maximum atomic E-state index is 11.1. The Bertz CT molecular complexity index is 650. The number of hydrogen-bond donors (Lipinski definition) is 1. The third-order valence-electron chi connectivity index (χ3n) is 2.34. The minimum absolute atomic E-state index is 0.0257. The first kappa shape index (κ1) is 13.4. The fourth-order valence-electron chi connectivity index (χ4n) is 1.44. The monoisotopic (exact) mass is 283 g/mol. The molecule has 0 aliphatic carbocycles. The maximum absolute atomic E-state index is 11.1. The highest BCUT2D eigenvalue weighted by molar-refractivity contribution is 7.88. The fourth-order valence-corrected chi connectivity index (χ4v) is 1.83. The molecule has 2 rings (SSSR count). The van der Waals surface area contributed by atoms with E-state index < -0.39 is 10.0 Å². The van der Waals surface area contributed by atoms with Gasteiger partial charge in [0.05, 0.1) is 25.6 Å². The summed E-state index contributed by atoms with van der Waals surface area (Å²) in [5.74, 6) is 1.11. The number of rotatable bonds is 5. The van der Waals surface area contributed by atoms with Crippen LogP contribution in [0.1, 0.15) is 5.82 Å². The van der Waals surface area contributed by atoms with Crippen LogP contribution in [0.15, 0.2) is 24.3 Å². The predicted molar refractivity (Wildman–Crippen MR) is 67.4 cm³/mol. The van der Waals surface area contributed by atoms with E-state index in [-0.39, 0.29) is 6.54 Å². The van der Waals surface area contributed by atoms with Gasteiger partial charge in [-0.2, -0.15) is 4.68 Å². The van der Waals surface area contributed by atoms with Crippen molar-refractivity contribution in [2.24, 2.45) is 0 Å². The zero-order chi connectivity index (χ0) is 13.9. The fraction of sp³-hybridized carbons (Fsp3) is 0.300. The molecule has 0 spiro atoms. The van der Waals surface area contributed by atoms with E-state index >= 15 is 0 Å². The summed E-state index contributed by atoms with van der Waals surface area (Å²) in [5, 5.41) is 11.1. The van der Waals surface area contributed by atoms with Crippen LogP contribution in [0.3, 0.4) is 0 Å². The van der Waals surface area contributed by atoms with Crippen LogP contribution in [0.4, 0.5) is 0 Å². The van der Waals surface area contributed by atoms with Gasteiger partial charge in [-0.05, 0) is 34.7 Å². The molecule has 0 saturated heterocycles. The summed E-state index contributed by atoms with van der Waals surface area (Å²) in [6.45, 7) is 0.0257. The Balaban J connectivity index is 2.23. The highest BCUT2D eigenvalue weighted by Gasteiger charge is 2.10. The van der Waals surface area contributed by atoms with E-state index in [1.165, 1.54) is 4.68 Å². The molecule has 0 fully saturated rings. The van der Waals surface area contributed by atoms with E-state index in [0.717, 1.165) is 11.9 Å². The maximum Gasteiger partial charge on any atom is 0.209 e. The first-order valence-electron chi connectivity index (χ1n) is 5.36. The van der Waals surface area contributed by atoms with Crippen molar-refractivity contribution < 1.29 is 13.2 Å². The quantitative estimate of drug-likeness (QED) is 0.810. The molecule has 0 aliphatic rings. The van der Waals surface area contributed by atoms with Crippen LogP contribution in [0.5, 0.6) is 5.75 Å². The smallest absolute Gasteiger partial charge is 0.209 e. The van der Waals surface area contributed by atoms with Gasteiger partial charge in [0.2, 0.25) is 10.0 Å². The van der Waals surface area contributed by atoms with E-state index in [1.54, 1.807) is 31.4 Å². The number of ether oxygens (including phenoxy) is 1. The number of nitrogens with zero attached hydrogens (tertiary/aromatic N) is 4. The average Bonchev–Trinajstić information content (AvgIpc) is 2.84. The molecule has 0 bridgehead atoms. The molecule has 0 amide bonds. The Hall–Kier alpha value is -2.00. The number of hydrogen-bond acceptors (Lipinski definition) is 6. The molecular weight excluding hydrogens is 270 g/mol. The number of tetrazole rings is 1. The van der Waals surface area contributed by atoms with Crippen molar-refractivity contribution in [3.63, 3.8) is 0 Å². The van der Waals surface area contributed by atoms with Gasteiger partial charge in [-0.1, -0.05) is 0 Å². The molecule has 1 aromatic carbocycles. The molecule has 0 aliphatic heterocycles. The van der Waals surface area contributed by atoms with Crippen molar-refractivity contribution in [2.75, 3.05) is 13.4 Å². The molecule has 0 radical (unpaired) electrons. The second-order valence-electron chi connectivity index (χ2n) is 3.80. The SMILES string of the molecule is COc1ccc(-n2nnnc2CNS(C)(=O)=O)cc1. The Morgan fingerprint density at radius 1 is 1.32 bits per heavy atom. The lowest BCUT2D eigenvalue weighted by molar-refractivity contribution is 0.414. The van der Waals surface area contributed by atoms with Crippen LogP contribution >= 0.6 is 0 Å². The van der Waals surface area contributed by atoms with Crippen LogP contribution < -0.4 is 9.46 Å². The minimum Gasteiger partial charge on any atom is -0.497 e. The third-order valence-corrected chi connectivity index (χ3v) is 3.01. The molecule has 1 heterocycles. The van der Waals surface area contributed by atoms with Crippen molar-refractivity contribution in [1.29, 1.82) is 0 Å². The van der Waals surface area contributed by atoms with Crippen LogP contribution in [-0.2, 0) is 16.6 Å². The lowest BCUT2D eigenvalue weighted by Gasteiger charge is -2.06. The molecule has 8 nitrogen and oxygen atoms in total. The lowest BCUT2D eigenvalue weighted by atomic mass is 10.3. The second-order valence-corrected chi connectivity index (χ2v) is 5.63. The summed E-state index contributed by atoms with van der Waals surface area (Å²) >= 11 is 0. The molecular formula is C10H13N5O3S. The molecule has 0 atom stereocenters. The van der Waals surface area contributed by atoms with Gasteiger partial charge in [0, 0.05) is 0 Å². The van der Waals surface area contributed by atoms with Crippen molar-refractivity contribution in [1.82, 2.24) is 24.9 Å². The molecule has 0 unspecified atom stereocenters. The predicted octanol–water partition coefficient (Wildman–Crippen LogP) is -0.280. The van der Waals surface area contributed by atoms with Crippen molar-refractivity contribution >= 4 is 10.0 Å². The number of benzene rings is 1. The van der Waals surface area contributed by atoms with Crippen molar-refractivity contribution in [3.05, 3.63) is 30.1 Å². The molecule has 1 aromatic heterocycles. The third kappa shape index (κ3) is 3.48. The number of sulfonamides is 1. The van der Waals surface area contributed by atoms with Gasteiger partial charge in [0.1, 0.15) is 5.75 Å². The Kier molecular flexibility index (Phi) is 3.76. The standard InChI is InChI=1S/C10H13N5O3S/c1-18-9-5-3-8(4-6-9)15-10(12-13-14-15)7-11-19(2,16)17/h3-6,11H,7H2,1-2H3. The van der Waals surface area contributed by atoms with Gasteiger partial charge in [0.25, 0.3) is 0 Å². The van der Waals surface area contributed by atoms with E-state index in [1.807, 2.05) is 0 Å². The molecule has 0 saturated carbocycles. The summed E-state index contributed by atoms with van der Waals surface area (Å²) in [4.78, 5) is 0. The van der Waals surface area contributed by atoms with Crippen LogP contribution in [0.25, 0.3) is 5.69 Å². The molecule has 1 N–H and O–H groups in total. The van der Waals surface area contributed by atoms with Crippen LogP contribution in [0, 0.1) is 0 Å². The average molecular weight is 283 g/mol. The van der Waals surface area contributed by atoms with E-state index in [9.17, 15) is 8.42 Å². The topological polar surface area (TPSA) is 99.0 Å². The summed E-state index contributed by atoms with van der Waals surface area (Å²) in [6, 6.07) is 7.09. The van der Waals surface area contributed by atoms with Crippen molar-refractivity contribution in [2.45, 2.75) is 6.54 Å². The van der Waals surface area contributed by atoms with E-state index in [4.69, 9.17) is 4.74 Å². The largest absolute Gasteiger partial charge is 0.497 e. The van der Waals surface area contributed by atoms with Crippen LogP contribution in [0.2, 0.25) is 0 Å². The Morgan fingerprint density at radius 3 is 2.58 bits per heavy atom. The Labute approximate surface area is 110 Å². The summed E-state index contributed by atoms with van der Waals surface area (Å²) in [5.41, 5.74) is 0.719. The van der Waals surface area contributed by atoms with Gasteiger partial charge in [-0.25, -0.2) is 13.1 Å². The number of aromatic nitrogens is 4. The van der Waals surface area contributed by atoms with Gasteiger partial charge in [0.15, 0.2) is 5.82 Å². The first-order valence-corrected chi connectivity index (χ1v) is 7.25. The second kappa shape index (κ2) is 5.33. The molecule has 19 heavy (non-hydrogen) atoms. The first-order chi connectivity index (χ1) is 8.99. The molecule has 102 valence electrons. The van der Waals surface area contributed by atoms with E-state index in [0.29, 0.717) is 11.6 Å². The number of methoxy groups -OCH3 is 1. The van der Waals surface area contributed by atoms with Gasteiger partial charge in [-0.3, -0.25) is 0 Å². The normalized spacial score (nSPS) is 11.5. The molecule has 9 heteroatoms. The lowest BCUT2D eigenvalue weighted by Crippen LogP contribution is -2.23. The Morgan fingerprint density at radius 2 is 2.00 bits per heavy atom. The minimum atomic E-state index is -3.29. The van der Waals surface area contributed by atoms with Gasteiger partial charge in [-0.15, -0.1) is 5.10 Å². The van der Waals surface area contributed by atoms with E-state index in [2.05, 4.69) is 20.2 Å². The van der Waals surface area contributed by atoms with Crippen LogP contribution in [-0.4, -0.2) is 42.0 Å². The summed E-state index contributed by atoms with van der Waals surface area (Å²) < 4.78 is 31.0. The highest BCUT2D eigenvalue weighted by atomic mass is 32.2. The zero-order valence-corrected chi connectivity index (χ0v) is 11.3.